The molecule has 4 nitrogen and oxygen atoms in total. The Morgan fingerprint density at radius 2 is 1.14 bits per heavy atom. The Morgan fingerprint density at radius 1 is 0.509 bits per heavy atom. The van der Waals surface area contributed by atoms with Crippen LogP contribution < -0.4 is 0 Å². The zero-order valence-electron chi connectivity index (χ0n) is 31.5. The number of fused-ring (bicyclic) bond motifs is 3. The normalized spacial score (nSPS) is 11.7. The first-order valence-electron chi connectivity index (χ1n) is 19.1. The Hall–Kier alpha value is -7.56. The van der Waals surface area contributed by atoms with Crippen LogP contribution in [0.5, 0.6) is 0 Å². The number of hydrogen-bond donors (Lipinski definition) is 0. The van der Waals surface area contributed by atoms with Gasteiger partial charge in [-0.3, -0.25) is 9.98 Å². The van der Waals surface area contributed by atoms with Crippen molar-refractivity contribution < 1.29 is 0 Å². The summed E-state index contributed by atoms with van der Waals surface area (Å²) in [5.41, 5.74) is 15.0. The van der Waals surface area contributed by atoms with Crippen LogP contribution in [-0.4, -0.2) is 21.7 Å². The van der Waals surface area contributed by atoms with E-state index in [1.165, 1.54) is 16.5 Å². The second-order valence-electron chi connectivity index (χ2n) is 13.9. The first-order valence-corrected chi connectivity index (χ1v) is 19.1. The molecule has 0 N–H and O–H groups in total. The van der Waals surface area contributed by atoms with E-state index in [1.807, 2.05) is 43.4 Å². The van der Waals surface area contributed by atoms with Crippen LogP contribution in [0.1, 0.15) is 12.6 Å². The third-order valence-corrected chi connectivity index (χ3v) is 10.3. The van der Waals surface area contributed by atoms with E-state index in [1.54, 1.807) is 6.20 Å². The van der Waals surface area contributed by atoms with E-state index in [2.05, 4.69) is 174 Å². The van der Waals surface area contributed by atoms with Crippen molar-refractivity contribution in [2.75, 3.05) is 0 Å². The molecule has 0 amide bonds. The monoisotopic (exact) mass is 730 g/mol. The number of aromatic nitrogens is 3. The van der Waals surface area contributed by atoms with Crippen molar-refractivity contribution in [1.82, 2.24) is 15.0 Å². The van der Waals surface area contributed by atoms with Gasteiger partial charge in [0, 0.05) is 27.9 Å². The summed E-state index contributed by atoms with van der Waals surface area (Å²) in [6.07, 6.45) is 7.63. The van der Waals surface area contributed by atoms with Crippen molar-refractivity contribution in [3.8, 4) is 67.2 Å². The topological polar surface area (TPSA) is 51.0 Å². The molecule has 0 aliphatic carbocycles. The zero-order chi connectivity index (χ0) is 38.6. The lowest BCUT2D eigenvalue weighted by atomic mass is 9.91. The SMILES string of the molecule is C=N/C(=C\C=C/C)c1cc(-c2cccc(-c3cccc(-c4ccc5nc(-c6ccccc6)c6cccc(-c7ccccc7)c6c5c4)c3)c2)cc(-c2ccccn2)n1. The first-order chi connectivity index (χ1) is 28.2. The molecule has 0 unspecified atom stereocenters. The van der Waals surface area contributed by atoms with Crippen molar-refractivity contribution in [3.63, 3.8) is 0 Å². The number of pyridine rings is 3. The van der Waals surface area contributed by atoms with E-state index in [9.17, 15) is 0 Å². The highest BCUT2D eigenvalue weighted by molar-refractivity contribution is 6.17. The van der Waals surface area contributed by atoms with Gasteiger partial charge in [-0.25, -0.2) is 9.97 Å². The van der Waals surface area contributed by atoms with E-state index in [0.717, 1.165) is 78.0 Å². The molecule has 0 aliphatic heterocycles. The molecule has 0 fully saturated rings. The third-order valence-electron chi connectivity index (χ3n) is 10.3. The fourth-order valence-electron chi connectivity index (χ4n) is 7.55. The van der Waals surface area contributed by atoms with E-state index in [-0.39, 0.29) is 0 Å². The summed E-state index contributed by atoms with van der Waals surface area (Å²) in [6, 6.07) is 61.9. The fourth-order valence-corrected chi connectivity index (χ4v) is 7.55. The summed E-state index contributed by atoms with van der Waals surface area (Å²) in [4.78, 5) is 19.2. The van der Waals surface area contributed by atoms with Gasteiger partial charge in [0.15, 0.2) is 0 Å². The van der Waals surface area contributed by atoms with Crippen LogP contribution in [0.25, 0.3) is 94.5 Å². The van der Waals surface area contributed by atoms with Gasteiger partial charge in [0.2, 0.25) is 0 Å². The summed E-state index contributed by atoms with van der Waals surface area (Å²) >= 11 is 0. The number of rotatable bonds is 9. The maximum atomic E-state index is 5.28. The van der Waals surface area contributed by atoms with Crippen molar-refractivity contribution in [3.05, 3.63) is 206 Å². The van der Waals surface area contributed by atoms with Crippen LogP contribution >= 0.6 is 0 Å². The first kappa shape index (κ1) is 35.2. The predicted molar refractivity (Wildman–Crippen MR) is 240 cm³/mol. The molecule has 0 saturated heterocycles. The largest absolute Gasteiger partial charge is 0.262 e. The molecule has 270 valence electrons. The maximum absolute atomic E-state index is 5.28. The predicted octanol–water partition coefficient (Wildman–Crippen LogP) is 13.8. The molecule has 0 radical (unpaired) electrons. The van der Waals surface area contributed by atoms with Crippen molar-refractivity contribution in [2.45, 2.75) is 6.92 Å². The standard InChI is InChI=1S/C53H38N4/c1-3-4-26-48(54-2)50-34-43(35-51(56-50)49-27-11-12-30-55-49)41-23-14-21-39(32-41)38-20-13-22-40(31-38)42-28-29-47-46(33-42)52-44(36-16-7-5-8-17-36)24-15-25-45(52)53(57-47)37-18-9-6-10-19-37/h3-35H,2H2,1H3/b4-3-,48-26-. The van der Waals surface area contributed by atoms with Crippen molar-refractivity contribution in [1.29, 1.82) is 0 Å². The maximum Gasteiger partial charge on any atom is 0.0900 e. The van der Waals surface area contributed by atoms with Crippen LogP contribution in [0.4, 0.5) is 0 Å². The molecule has 9 aromatic rings. The lowest BCUT2D eigenvalue weighted by molar-refractivity contribution is 1.21. The van der Waals surface area contributed by atoms with Gasteiger partial charge >= 0.3 is 0 Å². The molecule has 57 heavy (non-hydrogen) atoms. The number of nitrogens with zero attached hydrogens (tertiary/aromatic N) is 4. The summed E-state index contributed by atoms with van der Waals surface area (Å²) in [5.74, 6) is 0. The Bertz CT molecular complexity index is 2970. The summed E-state index contributed by atoms with van der Waals surface area (Å²) in [7, 11) is 0. The lowest BCUT2D eigenvalue weighted by Gasteiger charge is -2.15. The van der Waals surface area contributed by atoms with Crippen LogP contribution in [0.3, 0.4) is 0 Å². The molecule has 0 atom stereocenters. The minimum atomic E-state index is 0.696. The van der Waals surface area contributed by atoms with Gasteiger partial charge in [0.25, 0.3) is 0 Å². The Balaban J connectivity index is 1.15. The van der Waals surface area contributed by atoms with Crippen LogP contribution in [0.2, 0.25) is 0 Å². The average Bonchev–Trinajstić information content (AvgIpc) is 3.29. The van der Waals surface area contributed by atoms with E-state index >= 15 is 0 Å². The molecular weight excluding hydrogens is 693 g/mol. The molecule has 6 aromatic carbocycles. The number of allylic oxidation sites excluding steroid dienone is 3. The molecule has 3 aromatic heterocycles. The number of aliphatic imine (C=N–C) groups is 1. The Kier molecular flexibility index (Phi) is 9.66. The second kappa shape index (κ2) is 15.7. The highest BCUT2D eigenvalue weighted by Gasteiger charge is 2.16. The minimum Gasteiger partial charge on any atom is -0.262 e. The Morgan fingerprint density at radius 3 is 1.81 bits per heavy atom. The molecule has 0 spiro atoms. The third kappa shape index (κ3) is 7.08. The molecule has 3 heterocycles. The summed E-state index contributed by atoms with van der Waals surface area (Å²) in [6.45, 7) is 5.81. The summed E-state index contributed by atoms with van der Waals surface area (Å²) in [5, 5.41) is 3.47. The van der Waals surface area contributed by atoms with Crippen LogP contribution in [0.15, 0.2) is 205 Å². The molecule has 9 rings (SSSR count). The minimum absolute atomic E-state index is 0.696. The smallest absolute Gasteiger partial charge is 0.0900 e. The van der Waals surface area contributed by atoms with Crippen LogP contribution in [-0.2, 0) is 0 Å². The lowest BCUT2D eigenvalue weighted by Crippen LogP contribution is -1.95. The van der Waals surface area contributed by atoms with E-state index in [4.69, 9.17) is 9.97 Å². The highest BCUT2D eigenvalue weighted by Crippen LogP contribution is 2.40. The summed E-state index contributed by atoms with van der Waals surface area (Å²) < 4.78 is 0. The van der Waals surface area contributed by atoms with E-state index in [0.29, 0.717) is 5.70 Å². The molecule has 0 aliphatic rings. The molecule has 0 saturated carbocycles. The molecular formula is C53H38N4. The van der Waals surface area contributed by atoms with Gasteiger partial charge in [0.1, 0.15) is 0 Å². The number of hydrogen-bond acceptors (Lipinski definition) is 4. The van der Waals surface area contributed by atoms with Gasteiger partial charge < -0.3 is 0 Å². The zero-order valence-corrected chi connectivity index (χ0v) is 31.5. The van der Waals surface area contributed by atoms with Crippen molar-refractivity contribution in [2.24, 2.45) is 4.99 Å². The highest BCUT2D eigenvalue weighted by atomic mass is 14.8. The quantitative estimate of drug-likeness (QED) is 0.0844. The molecule has 4 heteroatoms. The van der Waals surface area contributed by atoms with Crippen LogP contribution in [0, 0.1) is 0 Å². The van der Waals surface area contributed by atoms with Gasteiger partial charge in [-0.15, -0.1) is 0 Å². The number of benzene rings is 6. The Labute approximate surface area is 333 Å². The van der Waals surface area contributed by atoms with Gasteiger partial charge in [-0.2, -0.15) is 0 Å². The molecule has 0 bridgehead atoms. The average molecular weight is 731 g/mol. The van der Waals surface area contributed by atoms with Gasteiger partial charge in [-0.05, 0) is 113 Å². The van der Waals surface area contributed by atoms with E-state index < -0.39 is 0 Å². The van der Waals surface area contributed by atoms with Gasteiger partial charge in [-0.1, -0.05) is 140 Å². The van der Waals surface area contributed by atoms with Crippen molar-refractivity contribution >= 4 is 34.1 Å². The van der Waals surface area contributed by atoms with Gasteiger partial charge in [0.05, 0.1) is 34.0 Å². The fraction of sp³-hybridized carbons (Fsp3) is 0.0189. The second-order valence-corrected chi connectivity index (χ2v) is 13.9.